The summed E-state index contributed by atoms with van der Waals surface area (Å²) in [5, 5.41) is 4.52. The standard InChI is InChI=1S/C18H22ClN/c1-3-7-18(16-10-12-17(19)13-11-16)20-14(2)15-8-5-4-6-9-15/h4-6,8-14,18,20H,3,7H2,1-2H3/t14-,18?/m0/s1. The van der Waals surface area contributed by atoms with Crippen LogP contribution in [0.15, 0.2) is 54.6 Å². The van der Waals surface area contributed by atoms with Crippen molar-refractivity contribution in [2.75, 3.05) is 0 Å². The van der Waals surface area contributed by atoms with Gasteiger partial charge in [-0.3, -0.25) is 0 Å². The molecule has 2 atom stereocenters. The molecule has 0 aliphatic rings. The lowest BCUT2D eigenvalue weighted by Crippen LogP contribution is -2.24. The van der Waals surface area contributed by atoms with Gasteiger partial charge in [-0.2, -0.15) is 0 Å². The maximum atomic E-state index is 5.97. The number of halogens is 1. The van der Waals surface area contributed by atoms with Crippen LogP contribution in [0.5, 0.6) is 0 Å². The lowest BCUT2D eigenvalue weighted by molar-refractivity contribution is 0.439. The van der Waals surface area contributed by atoms with Gasteiger partial charge in [0.25, 0.3) is 0 Å². The van der Waals surface area contributed by atoms with Gasteiger partial charge in [-0.25, -0.2) is 0 Å². The lowest BCUT2D eigenvalue weighted by Gasteiger charge is -2.24. The van der Waals surface area contributed by atoms with Crippen LogP contribution in [0.2, 0.25) is 5.02 Å². The fourth-order valence-corrected chi connectivity index (χ4v) is 2.60. The minimum atomic E-state index is 0.337. The molecule has 0 bridgehead atoms. The van der Waals surface area contributed by atoms with E-state index in [1.165, 1.54) is 11.1 Å². The Balaban J connectivity index is 2.11. The van der Waals surface area contributed by atoms with Crippen LogP contribution < -0.4 is 5.32 Å². The summed E-state index contributed by atoms with van der Waals surface area (Å²) in [7, 11) is 0. The first kappa shape index (κ1) is 15.1. The summed E-state index contributed by atoms with van der Waals surface area (Å²) in [6.45, 7) is 4.44. The van der Waals surface area contributed by atoms with Crippen LogP contribution in [-0.4, -0.2) is 0 Å². The molecule has 0 amide bonds. The predicted octanol–water partition coefficient (Wildman–Crippen LogP) is 5.53. The molecule has 20 heavy (non-hydrogen) atoms. The van der Waals surface area contributed by atoms with Gasteiger partial charge in [0.05, 0.1) is 0 Å². The summed E-state index contributed by atoms with van der Waals surface area (Å²) in [6.07, 6.45) is 2.28. The Bertz CT molecular complexity index is 507. The van der Waals surface area contributed by atoms with Crippen molar-refractivity contribution in [1.82, 2.24) is 5.32 Å². The highest BCUT2D eigenvalue weighted by Crippen LogP contribution is 2.24. The zero-order valence-electron chi connectivity index (χ0n) is 12.1. The van der Waals surface area contributed by atoms with Crippen molar-refractivity contribution in [3.05, 3.63) is 70.7 Å². The highest BCUT2D eigenvalue weighted by molar-refractivity contribution is 6.30. The first-order chi connectivity index (χ1) is 9.70. The Morgan fingerprint density at radius 2 is 1.60 bits per heavy atom. The smallest absolute Gasteiger partial charge is 0.0406 e. The molecule has 0 saturated heterocycles. The first-order valence-electron chi connectivity index (χ1n) is 7.27. The van der Waals surface area contributed by atoms with Crippen molar-refractivity contribution in [2.24, 2.45) is 0 Å². The molecule has 0 aliphatic heterocycles. The van der Waals surface area contributed by atoms with Crippen LogP contribution >= 0.6 is 11.6 Å². The molecule has 1 nitrogen and oxygen atoms in total. The second-order valence-corrected chi connectivity index (χ2v) is 5.63. The summed E-state index contributed by atoms with van der Waals surface area (Å²) >= 11 is 5.97. The van der Waals surface area contributed by atoms with Gasteiger partial charge in [0.15, 0.2) is 0 Å². The molecular formula is C18H22ClN. The second kappa shape index (κ2) is 7.47. The Hall–Kier alpha value is -1.31. The van der Waals surface area contributed by atoms with Crippen LogP contribution in [0.1, 0.15) is 49.9 Å². The molecule has 106 valence electrons. The van der Waals surface area contributed by atoms with Crippen LogP contribution in [0.4, 0.5) is 0 Å². The topological polar surface area (TPSA) is 12.0 Å². The molecule has 0 aromatic heterocycles. The monoisotopic (exact) mass is 287 g/mol. The van der Waals surface area contributed by atoms with E-state index in [4.69, 9.17) is 11.6 Å². The number of hydrogen-bond donors (Lipinski definition) is 1. The highest BCUT2D eigenvalue weighted by Gasteiger charge is 2.14. The van der Waals surface area contributed by atoms with Crippen LogP contribution in [0.3, 0.4) is 0 Å². The normalized spacial score (nSPS) is 13.9. The molecule has 1 unspecified atom stereocenters. The van der Waals surface area contributed by atoms with E-state index >= 15 is 0 Å². The maximum Gasteiger partial charge on any atom is 0.0406 e. The zero-order valence-corrected chi connectivity index (χ0v) is 12.9. The summed E-state index contributed by atoms with van der Waals surface area (Å²) < 4.78 is 0. The van der Waals surface area contributed by atoms with E-state index in [1.807, 2.05) is 12.1 Å². The lowest BCUT2D eigenvalue weighted by atomic mass is 9.99. The second-order valence-electron chi connectivity index (χ2n) is 5.19. The number of hydrogen-bond acceptors (Lipinski definition) is 1. The SMILES string of the molecule is CCCC(N[C@@H](C)c1ccccc1)c1ccc(Cl)cc1. The molecule has 0 spiro atoms. The fraction of sp³-hybridized carbons (Fsp3) is 0.333. The third-order valence-electron chi connectivity index (χ3n) is 3.60. The van der Waals surface area contributed by atoms with Gasteiger partial charge in [0, 0.05) is 17.1 Å². The Kier molecular flexibility index (Phi) is 5.63. The molecule has 0 heterocycles. The number of benzene rings is 2. The van der Waals surface area contributed by atoms with Gasteiger partial charge in [0.2, 0.25) is 0 Å². The highest BCUT2D eigenvalue weighted by atomic mass is 35.5. The Morgan fingerprint density at radius 3 is 2.20 bits per heavy atom. The van der Waals surface area contributed by atoms with Crippen molar-refractivity contribution in [3.63, 3.8) is 0 Å². The van der Waals surface area contributed by atoms with E-state index in [1.54, 1.807) is 0 Å². The van der Waals surface area contributed by atoms with E-state index < -0.39 is 0 Å². The van der Waals surface area contributed by atoms with Gasteiger partial charge in [-0.05, 0) is 36.6 Å². The van der Waals surface area contributed by atoms with E-state index in [2.05, 4.69) is 61.6 Å². The molecule has 0 radical (unpaired) electrons. The number of rotatable bonds is 6. The Morgan fingerprint density at radius 1 is 0.950 bits per heavy atom. The predicted molar refractivity (Wildman–Crippen MR) is 87.1 cm³/mol. The summed E-state index contributed by atoms with van der Waals surface area (Å²) in [5.74, 6) is 0. The van der Waals surface area contributed by atoms with E-state index in [-0.39, 0.29) is 0 Å². The fourth-order valence-electron chi connectivity index (χ4n) is 2.47. The van der Waals surface area contributed by atoms with Crippen molar-refractivity contribution in [1.29, 1.82) is 0 Å². The molecule has 0 fully saturated rings. The van der Waals surface area contributed by atoms with Gasteiger partial charge in [0.1, 0.15) is 0 Å². The van der Waals surface area contributed by atoms with E-state index in [0.29, 0.717) is 12.1 Å². The minimum absolute atomic E-state index is 0.337. The molecule has 2 rings (SSSR count). The van der Waals surface area contributed by atoms with Crippen molar-refractivity contribution >= 4 is 11.6 Å². The van der Waals surface area contributed by atoms with Crippen LogP contribution in [-0.2, 0) is 0 Å². The first-order valence-corrected chi connectivity index (χ1v) is 7.65. The Labute approximate surface area is 127 Å². The molecule has 2 aromatic carbocycles. The molecule has 0 saturated carbocycles. The quantitative estimate of drug-likeness (QED) is 0.736. The van der Waals surface area contributed by atoms with Gasteiger partial charge >= 0.3 is 0 Å². The number of nitrogens with one attached hydrogen (secondary N) is 1. The van der Waals surface area contributed by atoms with Gasteiger partial charge in [-0.1, -0.05) is 67.4 Å². The summed E-state index contributed by atoms with van der Waals surface area (Å²) in [6, 6.07) is 19.4. The average Bonchev–Trinajstić information content (AvgIpc) is 2.48. The van der Waals surface area contributed by atoms with Crippen molar-refractivity contribution in [2.45, 2.75) is 38.8 Å². The maximum absolute atomic E-state index is 5.97. The molecule has 2 aromatic rings. The van der Waals surface area contributed by atoms with Crippen molar-refractivity contribution < 1.29 is 0 Å². The third-order valence-corrected chi connectivity index (χ3v) is 3.85. The minimum Gasteiger partial charge on any atom is -0.303 e. The van der Waals surface area contributed by atoms with Gasteiger partial charge in [-0.15, -0.1) is 0 Å². The van der Waals surface area contributed by atoms with E-state index in [9.17, 15) is 0 Å². The van der Waals surface area contributed by atoms with E-state index in [0.717, 1.165) is 17.9 Å². The molecule has 1 N–H and O–H groups in total. The summed E-state index contributed by atoms with van der Waals surface area (Å²) in [4.78, 5) is 0. The summed E-state index contributed by atoms with van der Waals surface area (Å²) in [5.41, 5.74) is 2.63. The van der Waals surface area contributed by atoms with Crippen molar-refractivity contribution in [3.8, 4) is 0 Å². The molecule has 0 aliphatic carbocycles. The van der Waals surface area contributed by atoms with Gasteiger partial charge < -0.3 is 5.32 Å². The molecular weight excluding hydrogens is 266 g/mol. The molecule has 2 heteroatoms. The zero-order chi connectivity index (χ0) is 14.4. The largest absolute Gasteiger partial charge is 0.303 e. The third kappa shape index (κ3) is 4.09. The van der Waals surface area contributed by atoms with Crippen LogP contribution in [0.25, 0.3) is 0 Å². The van der Waals surface area contributed by atoms with Crippen LogP contribution in [0, 0.1) is 0 Å². The average molecular weight is 288 g/mol.